The minimum absolute atomic E-state index is 0.197. The SMILES string of the molecule is Fc1ccc(N2CCN(c3ncccc3CCl)CC2)cc1. The first-order valence-corrected chi connectivity index (χ1v) is 7.56. The van der Waals surface area contributed by atoms with E-state index in [1.165, 1.54) is 12.1 Å². The van der Waals surface area contributed by atoms with E-state index in [1.807, 2.05) is 24.3 Å². The van der Waals surface area contributed by atoms with E-state index in [0.717, 1.165) is 43.2 Å². The highest BCUT2D eigenvalue weighted by atomic mass is 35.5. The molecule has 1 aliphatic rings. The van der Waals surface area contributed by atoms with E-state index in [-0.39, 0.29) is 5.82 Å². The van der Waals surface area contributed by atoms with E-state index in [0.29, 0.717) is 5.88 Å². The van der Waals surface area contributed by atoms with E-state index < -0.39 is 0 Å². The van der Waals surface area contributed by atoms with Crippen molar-refractivity contribution in [3.8, 4) is 0 Å². The summed E-state index contributed by atoms with van der Waals surface area (Å²) in [6, 6.07) is 10.6. The van der Waals surface area contributed by atoms with Gasteiger partial charge in [0.05, 0.1) is 5.88 Å². The van der Waals surface area contributed by atoms with Gasteiger partial charge in [0.2, 0.25) is 0 Å². The van der Waals surface area contributed by atoms with Crippen LogP contribution in [0.5, 0.6) is 0 Å². The number of nitrogens with zero attached hydrogens (tertiary/aromatic N) is 3. The lowest BCUT2D eigenvalue weighted by atomic mass is 10.2. The average molecular weight is 306 g/mol. The number of hydrogen-bond donors (Lipinski definition) is 0. The first kappa shape index (κ1) is 14.1. The Bertz CT molecular complexity index is 595. The van der Waals surface area contributed by atoms with Crippen molar-refractivity contribution in [3.05, 3.63) is 54.0 Å². The van der Waals surface area contributed by atoms with E-state index >= 15 is 0 Å². The van der Waals surface area contributed by atoms with Gasteiger partial charge in [0.1, 0.15) is 11.6 Å². The number of pyridine rings is 1. The van der Waals surface area contributed by atoms with Crippen LogP contribution in [0.15, 0.2) is 42.6 Å². The van der Waals surface area contributed by atoms with Crippen LogP contribution >= 0.6 is 11.6 Å². The van der Waals surface area contributed by atoms with Gasteiger partial charge < -0.3 is 9.80 Å². The average Bonchev–Trinajstić information content (AvgIpc) is 2.56. The third-order valence-corrected chi connectivity index (χ3v) is 4.07. The van der Waals surface area contributed by atoms with E-state index in [4.69, 9.17) is 11.6 Å². The maximum absolute atomic E-state index is 13.0. The van der Waals surface area contributed by atoms with Gasteiger partial charge in [-0.05, 0) is 30.3 Å². The van der Waals surface area contributed by atoms with Crippen molar-refractivity contribution >= 4 is 23.1 Å². The Labute approximate surface area is 129 Å². The molecule has 0 N–H and O–H groups in total. The van der Waals surface area contributed by atoms with Gasteiger partial charge in [0.25, 0.3) is 0 Å². The quantitative estimate of drug-likeness (QED) is 0.811. The lowest BCUT2D eigenvalue weighted by Crippen LogP contribution is -2.47. The molecule has 1 aliphatic heterocycles. The fourth-order valence-electron chi connectivity index (χ4n) is 2.65. The first-order chi connectivity index (χ1) is 10.3. The molecule has 0 spiro atoms. The predicted octanol–water partition coefficient (Wildman–Crippen LogP) is 3.29. The third kappa shape index (κ3) is 3.10. The van der Waals surface area contributed by atoms with Crippen LogP contribution in [0.2, 0.25) is 0 Å². The Kier molecular flexibility index (Phi) is 4.25. The monoisotopic (exact) mass is 305 g/mol. The molecule has 110 valence electrons. The smallest absolute Gasteiger partial charge is 0.133 e. The van der Waals surface area contributed by atoms with Gasteiger partial charge >= 0.3 is 0 Å². The third-order valence-electron chi connectivity index (χ3n) is 3.78. The minimum Gasteiger partial charge on any atom is -0.368 e. The highest BCUT2D eigenvalue weighted by Crippen LogP contribution is 2.23. The summed E-state index contributed by atoms with van der Waals surface area (Å²) in [6.07, 6.45) is 1.80. The fraction of sp³-hybridized carbons (Fsp3) is 0.312. The van der Waals surface area contributed by atoms with Gasteiger partial charge in [-0.3, -0.25) is 0 Å². The second kappa shape index (κ2) is 6.31. The number of rotatable bonds is 3. The van der Waals surface area contributed by atoms with E-state index in [2.05, 4.69) is 14.8 Å². The molecule has 0 unspecified atom stereocenters. The molecule has 21 heavy (non-hydrogen) atoms. The highest BCUT2D eigenvalue weighted by Gasteiger charge is 2.20. The number of aromatic nitrogens is 1. The van der Waals surface area contributed by atoms with Crippen molar-refractivity contribution < 1.29 is 4.39 Å². The van der Waals surface area contributed by atoms with Gasteiger partial charge in [-0.1, -0.05) is 6.07 Å². The number of hydrogen-bond acceptors (Lipinski definition) is 3. The van der Waals surface area contributed by atoms with Crippen LogP contribution in [0, 0.1) is 5.82 Å². The molecule has 1 aromatic carbocycles. The Morgan fingerprint density at radius 2 is 1.67 bits per heavy atom. The topological polar surface area (TPSA) is 19.4 Å². The van der Waals surface area contributed by atoms with Gasteiger partial charge in [-0.2, -0.15) is 0 Å². The summed E-state index contributed by atoms with van der Waals surface area (Å²) in [5.41, 5.74) is 2.13. The molecule has 0 bridgehead atoms. The maximum atomic E-state index is 13.0. The van der Waals surface area contributed by atoms with Crippen molar-refractivity contribution in [3.63, 3.8) is 0 Å². The van der Waals surface area contributed by atoms with Crippen LogP contribution < -0.4 is 9.80 Å². The summed E-state index contributed by atoms with van der Waals surface area (Å²) < 4.78 is 13.0. The molecule has 2 heterocycles. The van der Waals surface area contributed by atoms with Crippen LogP contribution in [0.4, 0.5) is 15.9 Å². The summed E-state index contributed by atoms with van der Waals surface area (Å²) >= 11 is 5.98. The maximum Gasteiger partial charge on any atom is 0.133 e. The molecule has 3 rings (SSSR count). The Balaban J connectivity index is 1.69. The summed E-state index contributed by atoms with van der Waals surface area (Å²) in [5.74, 6) is 1.25. The van der Waals surface area contributed by atoms with Gasteiger partial charge in [-0.25, -0.2) is 9.37 Å². The minimum atomic E-state index is -0.197. The van der Waals surface area contributed by atoms with Crippen molar-refractivity contribution in [1.29, 1.82) is 0 Å². The molecular formula is C16H17ClFN3. The number of piperazine rings is 1. The summed E-state index contributed by atoms with van der Waals surface area (Å²) in [6.45, 7) is 3.56. The molecule has 3 nitrogen and oxygen atoms in total. The summed E-state index contributed by atoms with van der Waals surface area (Å²) in [5, 5.41) is 0. The van der Waals surface area contributed by atoms with E-state index in [9.17, 15) is 4.39 Å². The standard InChI is InChI=1S/C16H17ClFN3/c17-12-13-2-1-7-19-16(13)21-10-8-20(9-11-21)15-5-3-14(18)4-6-15/h1-7H,8-12H2. The highest BCUT2D eigenvalue weighted by molar-refractivity contribution is 6.17. The van der Waals surface area contributed by atoms with Crippen LogP contribution in [0.25, 0.3) is 0 Å². The van der Waals surface area contributed by atoms with Crippen molar-refractivity contribution in [2.24, 2.45) is 0 Å². The Morgan fingerprint density at radius 3 is 2.33 bits per heavy atom. The van der Waals surface area contributed by atoms with E-state index in [1.54, 1.807) is 6.20 Å². The molecule has 1 fully saturated rings. The van der Waals surface area contributed by atoms with Crippen LogP contribution in [0.3, 0.4) is 0 Å². The lowest BCUT2D eigenvalue weighted by molar-refractivity contribution is 0.624. The normalized spacial score (nSPS) is 15.3. The molecule has 5 heteroatoms. The molecule has 0 radical (unpaired) electrons. The molecule has 0 atom stereocenters. The van der Waals surface area contributed by atoms with Crippen LogP contribution in [-0.2, 0) is 5.88 Å². The first-order valence-electron chi connectivity index (χ1n) is 7.03. The van der Waals surface area contributed by atoms with Crippen molar-refractivity contribution in [2.45, 2.75) is 5.88 Å². The number of alkyl halides is 1. The molecule has 1 saturated heterocycles. The number of anilines is 2. The Hall–Kier alpha value is -1.81. The summed E-state index contributed by atoms with van der Waals surface area (Å²) in [4.78, 5) is 8.98. The summed E-state index contributed by atoms with van der Waals surface area (Å²) in [7, 11) is 0. The molecule has 0 saturated carbocycles. The van der Waals surface area contributed by atoms with Crippen LogP contribution in [0.1, 0.15) is 5.56 Å². The zero-order valence-corrected chi connectivity index (χ0v) is 12.4. The van der Waals surface area contributed by atoms with Crippen molar-refractivity contribution in [2.75, 3.05) is 36.0 Å². The number of benzene rings is 1. The Morgan fingerprint density at radius 1 is 1.00 bits per heavy atom. The molecule has 1 aromatic heterocycles. The zero-order chi connectivity index (χ0) is 14.7. The second-order valence-electron chi connectivity index (χ2n) is 5.07. The van der Waals surface area contributed by atoms with Gasteiger partial charge in [0, 0.05) is 43.6 Å². The molecule has 2 aromatic rings. The van der Waals surface area contributed by atoms with Gasteiger partial charge in [0.15, 0.2) is 0 Å². The van der Waals surface area contributed by atoms with Crippen LogP contribution in [-0.4, -0.2) is 31.2 Å². The predicted molar refractivity (Wildman–Crippen MR) is 84.6 cm³/mol. The molecule has 0 amide bonds. The zero-order valence-electron chi connectivity index (χ0n) is 11.7. The molecule has 0 aliphatic carbocycles. The fourth-order valence-corrected chi connectivity index (χ4v) is 2.86. The molecular weight excluding hydrogens is 289 g/mol. The number of halogens is 2. The van der Waals surface area contributed by atoms with Gasteiger partial charge in [-0.15, -0.1) is 11.6 Å². The van der Waals surface area contributed by atoms with Crippen molar-refractivity contribution in [1.82, 2.24) is 4.98 Å². The lowest BCUT2D eigenvalue weighted by Gasteiger charge is -2.37. The largest absolute Gasteiger partial charge is 0.368 e. The second-order valence-corrected chi connectivity index (χ2v) is 5.34.